The number of fused-ring (bicyclic) bond motifs is 1. The van der Waals surface area contributed by atoms with Gasteiger partial charge in [-0.2, -0.15) is 13.2 Å². The third-order valence-corrected chi connectivity index (χ3v) is 5.24. The van der Waals surface area contributed by atoms with Gasteiger partial charge in [-0.25, -0.2) is 9.18 Å². The standard InChI is InChI=1S/C24H26FNO4.C2HF3O2/c1-15(2)26-21-6-4-3-5-20(21)24(16-7-9-17(25)10-8-16)22(26)12-11-18(27)13-19(28)14-23(29)30;3-2(4,5)1(6)7/h3-12,15,18-19,27-28H,13-14H2,1-2H3,(H,29,30);(H,6,7)/b12-11+;/t18-,19-;/m1./s1. The highest BCUT2D eigenvalue weighted by Gasteiger charge is 2.38. The number of hydrogen-bond donors (Lipinski definition) is 4. The summed E-state index contributed by atoms with van der Waals surface area (Å²) in [7, 11) is 0. The molecule has 0 aliphatic rings. The highest BCUT2D eigenvalue weighted by atomic mass is 19.4. The molecule has 200 valence electrons. The van der Waals surface area contributed by atoms with Gasteiger partial charge in [0.25, 0.3) is 0 Å². The maximum atomic E-state index is 13.5. The van der Waals surface area contributed by atoms with Crippen LogP contribution in [-0.2, 0) is 9.59 Å². The van der Waals surface area contributed by atoms with Crippen LogP contribution in [0.1, 0.15) is 38.4 Å². The van der Waals surface area contributed by atoms with Crippen molar-refractivity contribution in [3.8, 4) is 11.1 Å². The second-order valence-corrected chi connectivity index (χ2v) is 8.46. The van der Waals surface area contributed by atoms with Crippen molar-refractivity contribution in [2.75, 3.05) is 0 Å². The highest BCUT2D eigenvalue weighted by Crippen LogP contribution is 2.38. The van der Waals surface area contributed by atoms with Gasteiger partial charge in [0.2, 0.25) is 0 Å². The number of alkyl halides is 3. The number of aliphatic carboxylic acids is 2. The molecule has 3 rings (SSSR count). The zero-order chi connectivity index (χ0) is 27.9. The van der Waals surface area contributed by atoms with Crippen LogP contribution in [-0.4, -0.2) is 55.3 Å². The van der Waals surface area contributed by atoms with Crippen LogP contribution in [0.2, 0.25) is 0 Å². The Balaban J connectivity index is 0.000000604. The molecule has 1 heterocycles. The Bertz CT molecular complexity index is 1250. The Hall–Kier alpha value is -3.70. The zero-order valence-electron chi connectivity index (χ0n) is 20.0. The molecule has 3 aromatic rings. The zero-order valence-corrected chi connectivity index (χ0v) is 20.0. The summed E-state index contributed by atoms with van der Waals surface area (Å²) in [6.45, 7) is 4.12. The first kappa shape index (κ1) is 29.5. The van der Waals surface area contributed by atoms with E-state index < -0.39 is 36.7 Å². The van der Waals surface area contributed by atoms with Gasteiger partial charge in [0, 0.05) is 34.6 Å². The first-order valence-corrected chi connectivity index (χ1v) is 11.2. The Morgan fingerprint density at radius 1 is 1.00 bits per heavy atom. The molecule has 0 unspecified atom stereocenters. The first-order chi connectivity index (χ1) is 17.2. The van der Waals surface area contributed by atoms with E-state index in [9.17, 15) is 32.6 Å². The molecule has 37 heavy (non-hydrogen) atoms. The van der Waals surface area contributed by atoms with Crippen molar-refractivity contribution in [2.45, 2.75) is 51.1 Å². The summed E-state index contributed by atoms with van der Waals surface area (Å²) in [4.78, 5) is 19.6. The van der Waals surface area contributed by atoms with E-state index in [0.29, 0.717) is 0 Å². The quantitative estimate of drug-likeness (QED) is 0.298. The molecule has 2 aromatic carbocycles. The van der Waals surface area contributed by atoms with Crippen molar-refractivity contribution >= 4 is 28.9 Å². The number of benzene rings is 2. The molecule has 0 aliphatic heterocycles. The van der Waals surface area contributed by atoms with Gasteiger partial charge < -0.3 is 25.0 Å². The Morgan fingerprint density at radius 2 is 1.57 bits per heavy atom. The summed E-state index contributed by atoms with van der Waals surface area (Å²) in [5, 5.41) is 37.0. The number of carboxylic acids is 2. The Morgan fingerprint density at radius 3 is 2.08 bits per heavy atom. The lowest BCUT2D eigenvalue weighted by Crippen LogP contribution is -2.21. The summed E-state index contributed by atoms with van der Waals surface area (Å²) in [5.41, 5.74) is 3.65. The smallest absolute Gasteiger partial charge is 0.481 e. The maximum absolute atomic E-state index is 13.5. The second kappa shape index (κ2) is 12.5. The number of carbonyl (C=O) groups is 2. The average Bonchev–Trinajstić information content (AvgIpc) is 3.12. The SMILES string of the molecule is CC(C)n1c(/C=C/[C@@H](O)C[C@@H](O)CC(=O)O)c(-c2ccc(F)cc2)c2ccccc21.O=C(O)C(F)(F)F. The number of nitrogens with zero attached hydrogens (tertiary/aromatic N) is 1. The highest BCUT2D eigenvalue weighted by molar-refractivity contribution is 6.01. The van der Waals surface area contributed by atoms with Gasteiger partial charge in [-0.15, -0.1) is 0 Å². The number of aliphatic hydroxyl groups excluding tert-OH is 2. The van der Waals surface area contributed by atoms with Crippen LogP contribution in [0.4, 0.5) is 17.6 Å². The molecule has 7 nitrogen and oxygen atoms in total. The molecule has 2 atom stereocenters. The molecule has 0 saturated heterocycles. The summed E-state index contributed by atoms with van der Waals surface area (Å²) in [5.74, 6) is -4.18. The lowest BCUT2D eigenvalue weighted by atomic mass is 10.0. The summed E-state index contributed by atoms with van der Waals surface area (Å²) < 4.78 is 47.4. The maximum Gasteiger partial charge on any atom is 0.490 e. The van der Waals surface area contributed by atoms with Crippen LogP contribution in [0.25, 0.3) is 28.1 Å². The molecule has 0 saturated carbocycles. The number of para-hydroxylation sites is 1. The average molecular weight is 525 g/mol. The van der Waals surface area contributed by atoms with Crippen LogP contribution in [0.3, 0.4) is 0 Å². The third-order valence-electron chi connectivity index (χ3n) is 5.24. The van der Waals surface area contributed by atoms with Gasteiger partial charge >= 0.3 is 18.1 Å². The van der Waals surface area contributed by atoms with E-state index in [2.05, 4.69) is 18.4 Å². The van der Waals surface area contributed by atoms with Gasteiger partial charge in [-0.1, -0.05) is 36.4 Å². The lowest BCUT2D eigenvalue weighted by molar-refractivity contribution is -0.192. The Labute approximate surface area is 209 Å². The predicted molar refractivity (Wildman–Crippen MR) is 129 cm³/mol. The number of hydrogen-bond acceptors (Lipinski definition) is 4. The van der Waals surface area contributed by atoms with Crippen LogP contribution in [0, 0.1) is 5.82 Å². The minimum absolute atomic E-state index is 0.0728. The molecule has 0 radical (unpaired) electrons. The van der Waals surface area contributed by atoms with Crippen LogP contribution in [0.15, 0.2) is 54.6 Å². The molecular formula is C26H27F4NO6. The fourth-order valence-corrected chi connectivity index (χ4v) is 3.77. The molecule has 0 spiro atoms. The van der Waals surface area contributed by atoms with Crippen molar-refractivity contribution in [1.82, 2.24) is 4.57 Å². The van der Waals surface area contributed by atoms with Crippen molar-refractivity contribution in [2.24, 2.45) is 0 Å². The van der Waals surface area contributed by atoms with E-state index in [1.807, 2.05) is 24.3 Å². The fourth-order valence-electron chi connectivity index (χ4n) is 3.77. The number of aliphatic hydroxyl groups is 2. The minimum atomic E-state index is -5.08. The third kappa shape index (κ3) is 8.16. The summed E-state index contributed by atoms with van der Waals surface area (Å²) >= 11 is 0. The molecular weight excluding hydrogens is 498 g/mol. The van der Waals surface area contributed by atoms with Gasteiger partial charge in [-0.05, 0) is 43.7 Å². The first-order valence-electron chi connectivity index (χ1n) is 11.2. The number of aromatic nitrogens is 1. The van der Waals surface area contributed by atoms with Crippen LogP contribution in [0.5, 0.6) is 0 Å². The van der Waals surface area contributed by atoms with Crippen molar-refractivity contribution in [1.29, 1.82) is 0 Å². The summed E-state index contributed by atoms with van der Waals surface area (Å²) in [6.07, 6.45) is -4.36. The van der Waals surface area contributed by atoms with Gasteiger partial charge in [0.05, 0.1) is 18.6 Å². The molecule has 0 aliphatic carbocycles. The topological polar surface area (TPSA) is 120 Å². The second-order valence-electron chi connectivity index (χ2n) is 8.46. The van der Waals surface area contributed by atoms with Crippen molar-refractivity contribution in [3.63, 3.8) is 0 Å². The van der Waals surface area contributed by atoms with Crippen molar-refractivity contribution < 1.29 is 47.6 Å². The van der Waals surface area contributed by atoms with E-state index >= 15 is 0 Å². The van der Waals surface area contributed by atoms with E-state index in [0.717, 1.165) is 27.7 Å². The summed E-state index contributed by atoms with van der Waals surface area (Å²) in [6, 6.07) is 14.4. The molecule has 0 fully saturated rings. The van der Waals surface area contributed by atoms with Crippen molar-refractivity contribution in [3.05, 3.63) is 66.1 Å². The fraction of sp³-hybridized carbons (Fsp3) is 0.308. The van der Waals surface area contributed by atoms with E-state index in [4.69, 9.17) is 15.0 Å². The van der Waals surface area contributed by atoms with Gasteiger partial charge in [0.15, 0.2) is 0 Å². The van der Waals surface area contributed by atoms with E-state index in [1.165, 1.54) is 12.1 Å². The van der Waals surface area contributed by atoms with Crippen LogP contribution < -0.4 is 0 Å². The van der Waals surface area contributed by atoms with Crippen LogP contribution >= 0.6 is 0 Å². The van der Waals surface area contributed by atoms with Gasteiger partial charge in [-0.3, -0.25) is 4.79 Å². The molecule has 0 bridgehead atoms. The van der Waals surface area contributed by atoms with Gasteiger partial charge in [0.1, 0.15) is 5.82 Å². The minimum Gasteiger partial charge on any atom is -0.481 e. The number of carboxylic acid groups (broad SMARTS) is 2. The lowest BCUT2D eigenvalue weighted by Gasteiger charge is -2.15. The molecule has 0 amide bonds. The molecule has 4 N–H and O–H groups in total. The largest absolute Gasteiger partial charge is 0.490 e. The molecule has 1 aromatic heterocycles. The predicted octanol–water partition coefficient (Wildman–Crippen LogP) is 5.26. The van der Waals surface area contributed by atoms with E-state index in [-0.39, 0.29) is 18.3 Å². The Kier molecular flexibility index (Phi) is 9.98. The monoisotopic (exact) mass is 525 g/mol. The normalized spacial score (nSPS) is 13.4. The number of halogens is 4. The van der Waals surface area contributed by atoms with E-state index in [1.54, 1.807) is 24.3 Å². The molecule has 11 heteroatoms. The number of rotatable bonds is 8.